The minimum Gasteiger partial charge on any atom is -0.545 e. The number of hydrogen-bond acceptors (Lipinski definition) is 5. The summed E-state index contributed by atoms with van der Waals surface area (Å²) in [6, 6.07) is 3.03. The van der Waals surface area contributed by atoms with Gasteiger partial charge in [0.25, 0.3) is 0 Å². The summed E-state index contributed by atoms with van der Waals surface area (Å²) in [5.74, 6) is -0.756. The van der Waals surface area contributed by atoms with Crippen molar-refractivity contribution in [2.45, 2.75) is 0 Å². The number of aromatic carboxylic acids is 1. The number of rotatable bonds is 2. The van der Waals surface area contributed by atoms with Gasteiger partial charge in [0.15, 0.2) is 5.58 Å². The van der Waals surface area contributed by atoms with Gasteiger partial charge in [0.2, 0.25) is 0 Å². The molecule has 6 nitrogen and oxygen atoms in total. The van der Waals surface area contributed by atoms with Crippen molar-refractivity contribution < 1.29 is 33.2 Å². The van der Waals surface area contributed by atoms with Crippen molar-refractivity contribution in [2.75, 3.05) is 0 Å². The molecule has 0 aromatic carbocycles. The standard InChI is InChI=1S/C12H9N3O3.Li/c1-15-6-7(5-14-15)10-4-9-11(18-10)8(12(16)17)2-3-13-9;/h2-6H,1H3,(H,16,17);/q;+1/p-1. The quantitative estimate of drug-likeness (QED) is 0.472. The summed E-state index contributed by atoms with van der Waals surface area (Å²) >= 11 is 0. The number of fused-ring (bicyclic) bond motifs is 1. The second-order valence-electron chi connectivity index (χ2n) is 3.87. The zero-order valence-corrected chi connectivity index (χ0v) is 10.5. The van der Waals surface area contributed by atoms with Crippen LogP contribution in [0.2, 0.25) is 0 Å². The predicted molar refractivity (Wildman–Crippen MR) is 60.5 cm³/mol. The predicted octanol–water partition coefficient (Wildman–Crippen LogP) is -2.40. The smallest absolute Gasteiger partial charge is 0.545 e. The SMILES string of the molecule is Cn1cc(-c2cc3nccc(C(=O)[O-])c3o2)cn1.[Li+]. The zero-order valence-electron chi connectivity index (χ0n) is 10.5. The number of carboxylic acids is 1. The van der Waals surface area contributed by atoms with Crippen molar-refractivity contribution >= 4 is 17.1 Å². The van der Waals surface area contributed by atoms with Crippen LogP contribution in [-0.2, 0) is 7.05 Å². The summed E-state index contributed by atoms with van der Waals surface area (Å²) in [7, 11) is 1.79. The number of aryl methyl sites for hydroxylation is 1. The summed E-state index contributed by atoms with van der Waals surface area (Å²) < 4.78 is 7.16. The third kappa shape index (κ3) is 2.28. The van der Waals surface area contributed by atoms with E-state index in [1.807, 2.05) is 0 Å². The monoisotopic (exact) mass is 249 g/mol. The van der Waals surface area contributed by atoms with Crippen molar-refractivity contribution in [3.8, 4) is 11.3 Å². The Bertz CT molecular complexity index is 748. The Morgan fingerprint density at radius 3 is 2.89 bits per heavy atom. The van der Waals surface area contributed by atoms with E-state index in [1.165, 1.54) is 12.3 Å². The van der Waals surface area contributed by atoms with E-state index in [-0.39, 0.29) is 30.0 Å². The van der Waals surface area contributed by atoms with Crippen LogP contribution in [0.25, 0.3) is 22.4 Å². The number of pyridine rings is 1. The molecule has 3 rings (SSSR count). The minimum absolute atomic E-state index is 0. The molecule has 0 aliphatic carbocycles. The van der Waals surface area contributed by atoms with E-state index in [0.29, 0.717) is 11.3 Å². The average molecular weight is 249 g/mol. The van der Waals surface area contributed by atoms with Crippen LogP contribution >= 0.6 is 0 Å². The molecule has 7 heteroatoms. The van der Waals surface area contributed by atoms with E-state index in [2.05, 4.69) is 10.1 Å². The van der Waals surface area contributed by atoms with Crippen molar-refractivity contribution in [3.63, 3.8) is 0 Å². The fraction of sp³-hybridized carbons (Fsp3) is 0.0833. The summed E-state index contributed by atoms with van der Waals surface area (Å²) in [6.45, 7) is 0. The number of furan rings is 1. The molecule has 19 heavy (non-hydrogen) atoms. The molecule has 0 N–H and O–H groups in total. The van der Waals surface area contributed by atoms with Crippen LogP contribution in [0.3, 0.4) is 0 Å². The van der Waals surface area contributed by atoms with Gasteiger partial charge in [-0.1, -0.05) is 0 Å². The van der Waals surface area contributed by atoms with Gasteiger partial charge in [0, 0.05) is 31.1 Å². The van der Waals surface area contributed by atoms with Crippen LogP contribution in [0.5, 0.6) is 0 Å². The Morgan fingerprint density at radius 2 is 2.26 bits per heavy atom. The van der Waals surface area contributed by atoms with E-state index in [9.17, 15) is 9.90 Å². The van der Waals surface area contributed by atoms with E-state index >= 15 is 0 Å². The van der Waals surface area contributed by atoms with Crippen LogP contribution in [0.15, 0.2) is 35.1 Å². The second-order valence-corrected chi connectivity index (χ2v) is 3.87. The summed E-state index contributed by atoms with van der Waals surface area (Å²) in [5.41, 5.74) is 1.46. The molecule has 0 saturated heterocycles. The Labute approximate surface area is 120 Å². The molecular weight excluding hydrogens is 241 g/mol. The third-order valence-electron chi connectivity index (χ3n) is 2.62. The summed E-state index contributed by atoms with van der Waals surface area (Å²) in [5, 5.41) is 15.0. The molecule has 0 bridgehead atoms. The molecule has 3 heterocycles. The molecular formula is C12H8LiN3O3. The number of aromatic nitrogens is 3. The molecule has 0 amide bonds. The van der Waals surface area contributed by atoms with Crippen LogP contribution in [0.4, 0.5) is 0 Å². The first-order chi connectivity index (χ1) is 8.65. The normalized spacial score (nSPS) is 10.4. The van der Waals surface area contributed by atoms with E-state index in [1.54, 1.807) is 30.2 Å². The fourth-order valence-electron chi connectivity index (χ4n) is 1.79. The fourth-order valence-corrected chi connectivity index (χ4v) is 1.79. The van der Waals surface area contributed by atoms with Crippen LogP contribution < -0.4 is 24.0 Å². The maximum Gasteiger partial charge on any atom is 1.00 e. The van der Waals surface area contributed by atoms with Crippen molar-refractivity contribution in [3.05, 3.63) is 36.3 Å². The first-order valence-corrected chi connectivity index (χ1v) is 5.24. The molecule has 3 aromatic rings. The number of hydrogen-bond donors (Lipinski definition) is 0. The van der Waals surface area contributed by atoms with Gasteiger partial charge in [-0.05, 0) is 6.07 Å². The van der Waals surface area contributed by atoms with Gasteiger partial charge in [-0.15, -0.1) is 0 Å². The van der Waals surface area contributed by atoms with Crippen LogP contribution in [0.1, 0.15) is 10.4 Å². The topological polar surface area (TPSA) is 84.0 Å². The second kappa shape index (κ2) is 4.92. The molecule has 90 valence electrons. The zero-order chi connectivity index (χ0) is 12.7. The van der Waals surface area contributed by atoms with E-state index in [0.717, 1.165) is 5.56 Å². The first kappa shape index (κ1) is 13.4. The van der Waals surface area contributed by atoms with Crippen LogP contribution in [-0.4, -0.2) is 20.7 Å². The summed E-state index contributed by atoms with van der Waals surface area (Å²) in [6.07, 6.45) is 4.82. The minimum atomic E-state index is -1.28. The van der Waals surface area contributed by atoms with Gasteiger partial charge in [-0.25, -0.2) is 0 Å². The van der Waals surface area contributed by atoms with Gasteiger partial charge >= 0.3 is 18.9 Å². The Morgan fingerprint density at radius 1 is 1.47 bits per heavy atom. The molecule has 3 aromatic heterocycles. The maximum absolute atomic E-state index is 10.9. The molecule has 0 aliphatic heterocycles. The van der Waals surface area contributed by atoms with Crippen LogP contribution in [0, 0.1) is 0 Å². The van der Waals surface area contributed by atoms with Gasteiger partial charge in [0.1, 0.15) is 11.3 Å². The van der Waals surface area contributed by atoms with Gasteiger partial charge in [0.05, 0.1) is 17.7 Å². The van der Waals surface area contributed by atoms with Gasteiger partial charge < -0.3 is 14.3 Å². The molecule has 0 saturated carbocycles. The molecule has 0 aliphatic rings. The number of nitrogens with zero attached hydrogens (tertiary/aromatic N) is 3. The number of carbonyl (C=O) groups excluding carboxylic acids is 1. The first-order valence-electron chi connectivity index (χ1n) is 5.24. The molecule has 0 atom stereocenters. The third-order valence-corrected chi connectivity index (χ3v) is 2.62. The Balaban J connectivity index is 0.00000133. The van der Waals surface area contributed by atoms with Crippen molar-refractivity contribution in [2.24, 2.45) is 7.05 Å². The molecule has 0 radical (unpaired) electrons. The van der Waals surface area contributed by atoms with Gasteiger partial charge in [-0.2, -0.15) is 5.10 Å². The van der Waals surface area contributed by atoms with E-state index in [4.69, 9.17) is 4.42 Å². The van der Waals surface area contributed by atoms with Crippen molar-refractivity contribution in [1.82, 2.24) is 14.8 Å². The number of carboxylic acid groups (broad SMARTS) is 1. The number of carbonyl (C=O) groups is 1. The average Bonchev–Trinajstić information content (AvgIpc) is 2.93. The molecule has 0 unspecified atom stereocenters. The van der Waals surface area contributed by atoms with Crippen molar-refractivity contribution in [1.29, 1.82) is 0 Å². The molecule has 0 fully saturated rings. The molecule has 0 spiro atoms. The Hall–Kier alpha value is -2.03. The summed E-state index contributed by atoms with van der Waals surface area (Å²) in [4.78, 5) is 15.0. The largest absolute Gasteiger partial charge is 1.00 e. The maximum atomic E-state index is 10.9. The van der Waals surface area contributed by atoms with E-state index < -0.39 is 5.97 Å². The Kier molecular flexibility index (Phi) is 3.47. The van der Waals surface area contributed by atoms with Gasteiger partial charge in [-0.3, -0.25) is 9.67 Å².